The number of furan rings is 1. The van der Waals surface area contributed by atoms with E-state index in [0.717, 1.165) is 12.8 Å². The molecule has 1 spiro atoms. The predicted molar refractivity (Wildman–Crippen MR) is 90.8 cm³/mol. The third-order valence-corrected chi connectivity index (χ3v) is 4.91. The van der Waals surface area contributed by atoms with E-state index in [0.29, 0.717) is 38.4 Å². The standard InChI is InChI=1S/C18H21N3O5/c22-16-2-1-6-19-21(16)10-15-3-5-18(26-15)12-20(7-9-25-13-18)17(23)14-4-8-24-11-14/h1-2,4,6,8,11,15H,3,5,7,9-10,12-13H2/t15-,18+/m0/s1. The van der Waals surface area contributed by atoms with Crippen LogP contribution < -0.4 is 5.56 Å². The summed E-state index contributed by atoms with van der Waals surface area (Å²) in [5.41, 5.74) is -0.165. The lowest BCUT2D eigenvalue weighted by atomic mass is 10.00. The zero-order chi connectivity index (χ0) is 18.0. The van der Waals surface area contributed by atoms with Crippen molar-refractivity contribution in [2.75, 3.05) is 26.3 Å². The molecule has 2 fully saturated rings. The van der Waals surface area contributed by atoms with E-state index >= 15 is 0 Å². The summed E-state index contributed by atoms with van der Waals surface area (Å²) in [7, 11) is 0. The van der Waals surface area contributed by atoms with Gasteiger partial charge < -0.3 is 18.8 Å². The van der Waals surface area contributed by atoms with Crippen LogP contribution in [0.4, 0.5) is 0 Å². The molecule has 4 heterocycles. The number of rotatable bonds is 3. The molecule has 2 saturated heterocycles. The quantitative estimate of drug-likeness (QED) is 0.810. The van der Waals surface area contributed by atoms with Crippen LogP contribution in [0.15, 0.2) is 46.1 Å². The summed E-state index contributed by atoms with van der Waals surface area (Å²) < 4.78 is 18.4. The molecule has 26 heavy (non-hydrogen) atoms. The van der Waals surface area contributed by atoms with Gasteiger partial charge in [-0.25, -0.2) is 4.68 Å². The Kier molecular flexibility index (Phi) is 4.60. The Morgan fingerprint density at radius 2 is 2.31 bits per heavy atom. The molecule has 2 atom stereocenters. The van der Waals surface area contributed by atoms with E-state index in [1.807, 2.05) is 0 Å². The number of nitrogens with zero attached hydrogens (tertiary/aromatic N) is 3. The van der Waals surface area contributed by atoms with Gasteiger partial charge in [-0.05, 0) is 25.0 Å². The second-order valence-electron chi connectivity index (χ2n) is 6.80. The van der Waals surface area contributed by atoms with E-state index in [9.17, 15) is 9.59 Å². The molecule has 8 nitrogen and oxygen atoms in total. The Labute approximate surface area is 150 Å². The summed E-state index contributed by atoms with van der Waals surface area (Å²) in [4.78, 5) is 26.3. The fourth-order valence-electron chi connectivity index (χ4n) is 3.61. The minimum atomic E-state index is -0.543. The first-order valence-electron chi connectivity index (χ1n) is 8.74. The Morgan fingerprint density at radius 3 is 3.12 bits per heavy atom. The molecule has 0 unspecified atom stereocenters. The van der Waals surface area contributed by atoms with Gasteiger partial charge in [-0.1, -0.05) is 0 Å². The summed E-state index contributed by atoms with van der Waals surface area (Å²) in [6.07, 6.45) is 5.97. The molecule has 2 aromatic rings. The maximum Gasteiger partial charge on any atom is 0.266 e. The van der Waals surface area contributed by atoms with E-state index < -0.39 is 5.60 Å². The SMILES string of the molecule is O=C(c1ccoc1)N1CCOC[C@@]2(CC[C@@H](Cn3ncccc3=O)O2)C1. The number of ether oxygens (including phenoxy) is 2. The molecule has 4 rings (SSSR count). The number of hydrogen-bond acceptors (Lipinski definition) is 6. The third kappa shape index (κ3) is 3.42. The molecule has 0 aromatic carbocycles. The van der Waals surface area contributed by atoms with Gasteiger partial charge in [0.05, 0.1) is 44.2 Å². The first-order chi connectivity index (χ1) is 12.7. The van der Waals surface area contributed by atoms with Crippen molar-refractivity contribution in [2.45, 2.75) is 31.1 Å². The first kappa shape index (κ1) is 17.0. The predicted octanol–water partition coefficient (Wildman–Crippen LogP) is 0.927. The highest BCUT2D eigenvalue weighted by molar-refractivity contribution is 5.93. The molecule has 2 aliphatic rings. The van der Waals surface area contributed by atoms with Gasteiger partial charge in [0.1, 0.15) is 11.9 Å². The van der Waals surface area contributed by atoms with Crippen LogP contribution in [0.3, 0.4) is 0 Å². The molecule has 0 saturated carbocycles. The van der Waals surface area contributed by atoms with Gasteiger partial charge >= 0.3 is 0 Å². The molecule has 0 radical (unpaired) electrons. The Morgan fingerprint density at radius 1 is 1.38 bits per heavy atom. The topological polar surface area (TPSA) is 86.8 Å². The maximum absolute atomic E-state index is 12.7. The van der Waals surface area contributed by atoms with Crippen LogP contribution in [0, 0.1) is 0 Å². The van der Waals surface area contributed by atoms with Gasteiger partial charge in [-0.3, -0.25) is 9.59 Å². The number of hydrogen-bond donors (Lipinski definition) is 0. The van der Waals surface area contributed by atoms with Crippen molar-refractivity contribution in [1.82, 2.24) is 14.7 Å². The Hall–Kier alpha value is -2.45. The smallest absolute Gasteiger partial charge is 0.266 e. The van der Waals surface area contributed by atoms with Crippen LogP contribution in [-0.4, -0.2) is 58.6 Å². The lowest BCUT2D eigenvalue weighted by Crippen LogP contribution is -2.47. The second-order valence-corrected chi connectivity index (χ2v) is 6.80. The zero-order valence-electron chi connectivity index (χ0n) is 14.4. The summed E-state index contributed by atoms with van der Waals surface area (Å²) in [5, 5.41) is 4.09. The molecular weight excluding hydrogens is 338 g/mol. The average Bonchev–Trinajstić information content (AvgIpc) is 3.25. The van der Waals surface area contributed by atoms with Crippen LogP contribution in [0.2, 0.25) is 0 Å². The molecule has 0 bridgehead atoms. The molecule has 2 aromatic heterocycles. The first-order valence-corrected chi connectivity index (χ1v) is 8.74. The summed E-state index contributed by atoms with van der Waals surface area (Å²) in [6.45, 7) is 2.29. The van der Waals surface area contributed by atoms with Gasteiger partial charge in [0.15, 0.2) is 0 Å². The van der Waals surface area contributed by atoms with Crippen LogP contribution in [0.5, 0.6) is 0 Å². The summed E-state index contributed by atoms with van der Waals surface area (Å²) >= 11 is 0. The third-order valence-electron chi connectivity index (χ3n) is 4.91. The van der Waals surface area contributed by atoms with Crippen molar-refractivity contribution >= 4 is 5.91 Å². The van der Waals surface area contributed by atoms with Crippen molar-refractivity contribution < 1.29 is 18.7 Å². The fourth-order valence-corrected chi connectivity index (χ4v) is 3.61. The normalized spacial score (nSPS) is 26.2. The van der Waals surface area contributed by atoms with Gasteiger partial charge in [-0.15, -0.1) is 0 Å². The van der Waals surface area contributed by atoms with Gasteiger partial charge in [0.2, 0.25) is 0 Å². The fraction of sp³-hybridized carbons (Fsp3) is 0.500. The average molecular weight is 359 g/mol. The Bertz CT molecular complexity index is 818. The van der Waals surface area contributed by atoms with Gasteiger partial charge in [-0.2, -0.15) is 5.10 Å². The van der Waals surface area contributed by atoms with Crippen molar-refractivity contribution in [3.8, 4) is 0 Å². The van der Waals surface area contributed by atoms with Crippen LogP contribution in [0.25, 0.3) is 0 Å². The monoisotopic (exact) mass is 359 g/mol. The molecule has 2 aliphatic heterocycles. The lowest BCUT2D eigenvalue weighted by molar-refractivity contribution is -0.0883. The molecule has 1 amide bonds. The van der Waals surface area contributed by atoms with Crippen molar-refractivity contribution in [3.63, 3.8) is 0 Å². The summed E-state index contributed by atoms with van der Waals surface area (Å²) in [5.74, 6) is -0.0865. The molecular formula is C18H21N3O5. The zero-order valence-corrected chi connectivity index (χ0v) is 14.4. The molecule has 0 aliphatic carbocycles. The van der Waals surface area contributed by atoms with Gasteiger partial charge in [0, 0.05) is 18.8 Å². The second kappa shape index (κ2) is 7.05. The molecule has 8 heteroatoms. The van der Waals surface area contributed by atoms with Crippen molar-refractivity contribution in [1.29, 1.82) is 0 Å². The highest BCUT2D eigenvalue weighted by Gasteiger charge is 2.44. The highest BCUT2D eigenvalue weighted by atomic mass is 16.6. The highest BCUT2D eigenvalue weighted by Crippen LogP contribution is 2.33. The van der Waals surface area contributed by atoms with Crippen LogP contribution >= 0.6 is 0 Å². The number of amides is 1. The van der Waals surface area contributed by atoms with E-state index in [4.69, 9.17) is 13.9 Å². The minimum Gasteiger partial charge on any atom is -0.472 e. The summed E-state index contributed by atoms with van der Waals surface area (Å²) in [6, 6.07) is 4.76. The number of carbonyl (C=O) groups is 1. The van der Waals surface area contributed by atoms with Crippen LogP contribution in [0.1, 0.15) is 23.2 Å². The largest absolute Gasteiger partial charge is 0.472 e. The van der Waals surface area contributed by atoms with Crippen molar-refractivity contribution in [3.05, 3.63) is 52.8 Å². The van der Waals surface area contributed by atoms with E-state index in [1.165, 1.54) is 23.3 Å². The Balaban J connectivity index is 1.46. The number of carbonyl (C=O) groups excluding carboxylic acids is 1. The molecule has 0 N–H and O–H groups in total. The van der Waals surface area contributed by atoms with Gasteiger partial charge in [0.25, 0.3) is 11.5 Å². The van der Waals surface area contributed by atoms with E-state index in [2.05, 4.69) is 5.10 Å². The number of aromatic nitrogens is 2. The lowest BCUT2D eigenvalue weighted by Gasteiger charge is -2.31. The van der Waals surface area contributed by atoms with E-state index in [1.54, 1.807) is 23.2 Å². The van der Waals surface area contributed by atoms with Crippen molar-refractivity contribution in [2.24, 2.45) is 0 Å². The van der Waals surface area contributed by atoms with E-state index in [-0.39, 0.29) is 17.6 Å². The minimum absolute atomic E-state index is 0.0865. The maximum atomic E-state index is 12.7. The van der Waals surface area contributed by atoms with Crippen LogP contribution in [-0.2, 0) is 16.0 Å². The molecule has 138 valence electrons.